The summed E-state index contributed by atoms with van der Waals surface area (Å²) in [6.45, 7) is 2.24. The lowest BCUT2D eigenvalue weighted by molar-refractivity contribution is 1.30. The monoisotopic (exact) mass is 659 g/mol. The van der Waals surface area contributed by atoms with E-state index in [9.17, 15) is 0 Å². The maximum atomic E-state index is 2.40. The van der Waals surface area contributed by atoms with Crippen molar-refractivity contribution in [1.29, 1.82) is 0 Å². The Kier molecular flexibility index (Phi) is 6.23. The summed E-state index contributed by atoms with van der Waals surface area (Å²) in [5.41, 5.74) is 9.89. The Morgan fingerprint density at radius 1 is 0.288 bits per heavy atom. The molecule has 0 saturated carbocycles. The highest BCUT2D eigenvalue weighted by molar-refractivity contribution is 6.47. The van der Waals surface area contributed by atoms with E-state index in [0.717, 1.165) is 11.4 Å². The van der Waals surface area contributed by atoms with Gasteiger partial charge in [0.15, 0.2) is 0 Å². The number of benzene rings is 9. The van der Waals surface area contributed by atoms with Gasteiger partial charge in [-0.25, -0.2) is 0 Å². The number of nitrogens with zero attached hydrogens (tertiary/aromatic N) is 1. The lowest BCUT2D eigenvalue weighted by atomic mass is 9.87. The van der Waals surface area contributed by atoms with Crippen LogP contribution in [0.25, 0.3) is 86.9 Å². The second-order valence-electron chi connectivity index (χ2n) is 14.0. The molecule has 0 radical (unpaired) electrons. The normalized spacial score (nSPS) is 11.9. The zero-order chi connectivity index (χ0) is 34.3. The van der Waals surface area contributed by atoms with Crippen molar-refractivity contribution in [2.24, 2.45) is 0 Å². The molecule has 11 aromatic rings. The Morgan fingerprint density at radius 3 is 1.17 bits per heavy atom. The molecule has 11 rings (SSSR count). The number of hydrogen-bond acceptors (Lipinski definition) is 1. The molecule has 0 heterocycles. The molecule has 0 amide bonds. The summed E-state index contributed by atoms with van der Waals surface area (Å²) < 4.78 is 0. The van der Waals surface area contributed by atoms with Crippen LogP contribution < -0.4 is 4.90 Å². The quantitative estimate of drug-likeness (QED) is 0.178. The molecule has 0 fully saturated rings. The highest BCUT2D eigenvalue weighted by Crippen LogP contribution is 2.56. The van der Waals surface area contributed by atoms with Gasteiger partial charge in [0.2, 0.25) is 0 Å². The van der Waals surface area contributed by atoms with Gasteiger partial charge in [-0.05, 0) is 124 Å². The average Bonchev–Trinajstić information content (AvgIpc) is 3.72. The Labute approximate surface area is 302 Å². The van der Waals surface area contributed by atoms with E-state index in [-0.39, 0.29) is 0 Å². The summed E-state index contributed by atoms with van der Waals surface area (Å²) >= 11 is 0. The van der Waals surface area contributed by atoms with Gasteiger partial charge in [-0.2, -0.15) is 0 Å². The summed E-state index contributed by atoms with van der Waals surface area (Å²) in [6, 6.07) is 67.0. The predicted octanol–water partition coefficient (Wildman–Crippen LogP) is 14.6. The molecular weight excluding hydrogens is 627 g/mol. The van der Waals surface area contributed by atoms with Crippen molar-refractivity contribution in [2.45, 2.75) is 6.92 Å². The first kappa shape index (κ1) is 29.1. The second kappa shape index (κ2) is 11.2. The SMILES string of the molecule is Cc1ccc2c3c(-c4ccccc4)c4c5cccc6c(N(c7ccccc7)c7ccccc7)ccc(c4c(-c4ccccc4)c3c3cccc1c23)c65. The van der Waals surface area contributed by atoms with E-state index in [1.807, 2.05) is 0 Å². The summed E-state index contributed by atoms with van der Waals surface area (Å²) in [5, 5.41) is 15.8. The van der Waals surface area contributed by atoms with Crippen molar-refractivity contribution in [3.63, 3.8) is 0 Å². The second-order valence-corrected chi connectivity index (χ2v) is 14.0. The topological polar surface area (TPSA) is 3.24 Å². The van der Waals surface area contributed by atoms with Crippen LogP contribution >= 0.6 is 0 Å². The molecule has 11 aromatic carbocycles. The zero-order valence-electron chi connectivity index (χ0n) is 28.8. The molecule has 1 nitrogen and oxygen atoms in total. The molecule has 0 aliphatic heterocycles. The Morgan fingerprint density at radius 2 is 0.673 bits per heavy atom. The summed E-state index contributed by atoms with van der Waals surface area (Å²) in [7, 11) is 0. The van der Waals surface area contributed by atoms with Crippen LogP contribution in [-0.2, 0) is 0 Å². The molecule has 242 valence electrons. The summed E-state index contributed by atoms with van der Waals surface area (Å²) in [6.07, 6.45) is 0. The van der Waals surface area contributed by atoms with Gasteiger partial charge in [-0.3, -0.25) is 0 Å². The summed E-state index contributed by atoms with van der Waals surface area (Å²) in [4.78, 5) is 2.40. The molecule has 0 aliphatic carbocycles. The molecule has 0 aliphatic rings. The third-order valence-electron chi connectivity index (χ3n) is 11.2. The first-order valence-electron chi connectivity index (χ1n) is 18.1. The van der Waals surface area contributed by atoms with Crippen LogP contribution in [0.3, 0.4) is 0 Å². The highest BCUT2D eigenvalue weighted by atomic mass is 15.1. The van der Waals surface area contributed by atoms with Crippen LogP contribution in [0.5, 0.6) is 0 Å². The molecule has 0 unspecified atom stereocenters. The molecule has 52 heavy (non-hydrogen) atoms. The van der Waals surface area contributed by atoms with Gasteiger partial charge in [-0.1, -0.05) is 152 Å². The molecule has 0 N–H and O–H groups in total. The molecule has 0 bridgehead atoms. The van der Waals surface area contributed by atoms with Crippen molar-refractivity contribution in [2.75, 3.05) is 4.90 Å². The Balaban J connectivity index is 1.39. The van der Waals surface area contributed by atoms with Gasteiger partial charge < -0.3 is 4.90 Å². The fourth-order valence-electron chi connectivity index (χ4n) is 9.17. The fourth-order valence-corrected chi connectivity index (χ4v) is 9.17. The number of hydrogen-bond donors (Lipinski definition) is 0. The van der Waals surface area contributed by atoms with E-state index in [1.54, 1.807) is 0 Å². The minimum Gasteiger partial charge on any atom is -0.310 e. The molecule has 0 aromatic heterocycles. The molecule has 0 spiro atoms. The van der Waals surface area contributed by atoms with Crippen molar-refractivity contribution in [3.8, 4) is 22.3 Å². The molecular formula is C51H33N. The Hall–Kier alpha value is -6.70. The van der Waals surface area contributed by atoms with Crippen LogP contribution in [0.4, 0.5) is 17.1 Å². The number of rotatable bonds is 5. The van der Waals surface area contributed by atoms with Gasteiger partial charge in [-0.15, -0.1) is 0 Å². The summed E-state index contributed by atoms with van der Waals surface area (Å²) in [5.74, 6) is 0. The van der Waals surface area contributed by atoms with Crippen molar-refractivity contribution in [3.05, 3.63) is 188 Å². The lowest BCUT2D eigenvalue weighted by Crippen LogP contribution is -2.10. The smallest absolute Gasteiger partial charge is 0.0540 e. The van der Waals surface area contributed by atoms with Crippen LogP contribution in [-0.4, -0.2) is 0 Å². The van der Waals surface area contributed by atoms with Gasteiger partial charge in [0.05, 0.1) is 5.69 Å². The van der Waals surface area contributed by atoms with Gasteiger partial charge in [0.1, 0.15) is 0 Å². The largest absolute Gasteiger partial charge is 0.310 e. The van der Waals surface area contributed by atoms with E-state index < -0.39 is 0 Å². The van der Waals surface area contributed by atoms with E-state index >= 15 is 0 Å². The predicted molar refractivity (Wildman–Crippen MR) is 224 cm³/mol. The highest BCUT2D eigenvalue weighted by Gasteiger charge is 2.28. The first-order valence-corrected chi connectivity index (χ1v) is 18.1. The van der Waals surface area contributed by atoms with Crippen LogP contribution in [0.2, 0.25) is 0 Å². The van der Waals surface area contributed by atoms with E-state index in [0.29, 0.717) is 0 Å². The van der Waals surface area contributed by atoms with Gasteiger partial charge in [0, 0.05) is 16.8 Å². The number of aryl methyl sites for hydroxylation is 1. The zero-order valence-corrected chi connectivity index (χ0v) is 28.8. The van der Waals surface area contributed by atoms with Crippen molar-refractivity contribution < 1.29 is 0 Å². The van der Waals surface area contributed by atoms with Crippen molar-refractivity contribution in [1.82, 2.24) is 0 Å². The van der Waals surface area contributed by atoms with Gasteiger partial charge >= 0.3 is 0 Å². The lowest BCUT2D eigenvalue weighted by Gasteiger charge is -2.27. The minimum absolute atomic E-state index is 1.14. The van der Waals surface area contributed by atoms with Crippen LogP contribution in [0.1, 0.15) is 5.56 Å². The Bertz CT molecular complexity index is 2960. The third-order valence-corrected chi connectivity index (χ3v) is 11.2. The molecule has 0 saturated heterocycles. The molecule has 0 atom stereocenters. The van der Waals surface area contributed by atoms with E-state index in [1.165, 1.54) is 98.1 Å². The third kappa shape index (κ3) is 3.99. The molecule has 1 heteroatoms. The van der Waals surface area contributed by atoms with Gasteiger partial charge in [0.25, 0.3) is 0 Å². The minimum atomic E-state index is 1.14. The number of anilines is 3. The maximum absolute atomic E-state index is 2.40. The number of para-hydroxylation sites is 2. The maximum Gasteiger partial charge on any atom is 0.0540 e. The number of fused-ring (bicyclic) bond motifs is 6. The van der Waals surface area contributed by atoms with E-state index in [2.05, 4.69) is 194 Å². The fraction of sp³-hybridized carbons (Fsp3) is 0.0196. The average molecular weight is 660 g/mol. The first-order chi connectivity index (χ1) is 25.8. The van der Waals surface area contributed by atoms with Crippen molar-refractivity contribution >= 4 is 81.7 Å². The van der Waals surface area contributed by atoms with Crippen LogP contribution in [0.15, 0.2) is 182 Å². The standard InChI is InChI=1S/C51H33N/c1-32-28-29-41-46-37(32)24-14-26-39(46)48-44(33-16-6-2-7-17-33)51-42-30-31-43(52(35-20-10-4-11-21-35)36-22-12-5-13-23-36)38-25-15-27-40(47(38)42)49(51)45(50(41)48)34-18-8-3-9-19-34/h2-31H,1H3. The van der Waals surface area contributed by atoms with Crippen LogP contribution in [0, 0.1) is 6.92 Å². The van der Waals surface area contributed by atoms with E-state index in [4.69, 9.17) is 0 Å².